The van der Waals surface area contributed by atoms with Crippen LogP contribution in [0.5, 0.6) is 5.75 Å². The van der Waals surface area contributed by atoms with E-state index in [0.29, 0.717) is 0 Å². The fourth-order valence-corrected chi connectivity index (χ4v) is 3.75. The number of rotatable bonds is 3. The van der Waals surface area contributed by atoms with Crippen molar-refractivity contribution < 1.29 is 4.74 Å². The van der Waals surface area contributed by atoms with Gasteiger partial charge in [-0.3, -0.25) is 0 Å². The average Bonchev–Trinajstić information content (AvgIpc) is 2.85. The molecule has 1 aliphatic heterocycles. The second kappa shape index (κ2) is 4.86. The van der Waals surface area contributed by atoms with E-state index >= 15 is 0 Å². The van der Waals surface area contributed by atoms with Crippen LogP contribution in [0.2, 0.25) is 0 Å². The Kier molecular flexibility index (Phi) is 3.30. The van der Waals surface area contributed by atoms with Crippen molar-refractivity contribution in [2.24, 2.45) is 5.73 Å². The molecule has 1 aromatic carbocycles. The molecule has 1 unspecified atom stereocenters. The summed E-state index contributed by atoms with van der Waals surface area (Å²) in [6.07, 6.45) is 2.04. The van der Waals surface area contributed by atoms with E-state index in [1.54, 1.807) is 11.3 Å². The number of hydrogen-bond donors (Lipinski definition) is 1. The summed E-state index contributed by atoms with van der Waals surface area (Å²) < 4.78 is 6.13. The van der Waals surface area contributed by atoms with Crippen LogP contribution in [0.1, 0.15) is 49.5 Å². The lowest BCUT2D eigenvalue weighted by Crippen LogP contribution is -2.27. The highest BCUT2D eigenvalue weighted by molar-refractivity contribution is 7.12. The number of benzene rings is 1. The highest BCUT2D eigenvalue weighted by atomic mass is 32.1. The molecule has 1 aromatic heterocycles. The van der Waals surface area contributed by atoms with E-state index in [2.05, 4.69) is 26.8 Å². The summed E-state index contributed by atoms with van der Waals surface area (Å²) in [5.41, 5.74) is 8.01. The number of fused-ring (bicyclic) bond motifs is 3. The minimum atomic E-state index is -0.342. The number of nitrogens with two attached hydrogens (primary N) is 1. The van der Waals surface area contributed by atoms with Gasteiger partial charge in [-0.2, -0.15) is 0 Å². The second-order valence-electron chi connectivity index (χ2n) is 5.73. The van der Waals surface area contributed by atoms with Crippen LogP contribution in [0.4, 0.5) is 0 Å². The van der Waals surface area contributed by atoms with Crippen molar-refractivity contribution in [3.63, 3.8) is 0 Å². The molecule has 0 fully saturated rings. The van der Waals surface area contributed by atoms with Gasteiger partial charge in [0.2, 0.25) is 0 Å². The van der Waals surface area contributed by atoms with E-state index in [1.807, 2.05) is 18.2 Å². The summed E-state index contributed by atoms with van der Waals surface area (Å²) in [4.78, 5) is 6.00. The molecule has 0 amide bonds. The number of hydrogen-bond acceptors (Lipinski definition) is 4. The average molecular weight is 288 g/mol. The third-order valence-electron chi connectivity index (χ3n) is 3.61. The molecule has 3 nitrogen and oxygen atoms in total. The van der Waals surface area contributed by atoms with Gasteiger partial charge in [-0.05, 0) is 32.4 Å². The largest absolute Gasteiger partial charge is 0.482 e. The number of ether oxygens (including phenoxy) is 1. The monoisotopic (exact) mass is 288 g/mol. The van der Waals surface area contributed by atoms with Crippen molar-refractivity contribution in [2.45, 2.75) is 45.3 Å². The summed E-state index contributed by atoms with van der Waals surface area (Å²) in [5.74, 6) is 0.908. The Morgan fingerprint density at radius 3 is 2.85 bits per heavy atom. The van der Waals surface area contributed by atoms with Crippen molar-refractivity contribution in [3.05, 3.63) is 34.2 Å². The lowest BCUT2D eigenvalue weighted by atomic mass is 9.97. The lowest BCUT2D eigenvalue weighted by molar-refractivity contribution is 0.109. The zero-order valence-corrected chi connectivity index (χ0v) is 13.0. The molecule has 106 valence electrons. The van der Waals surface area contributed by atoms with Crippen molar-refractivity contribution in [2.75, 3.05) is 0 Å². The van der Waals surface area contributed by atoms with Gasteiger partial charge in [0.1, 0.15) is 16.4 Å². The van der Waals surface area contributed by atoms with Gasteiger partial charge in [-0.25, -0.2) is 4.98 Å². The predicted molar refractivity (Wildman–Crippen MR) is 83.0 cm³/mol. The molecule has 20 heavy (non-hydrogen) atoms. The van der Waals surface area contributed by atoms with Crippen LogP contribution in [-0.4, -0.2) is 4.98 Å². The third kappa shape index (κ3) is 2.13. The van der Waals surface area contributed by atoms with Gasteiger partial charge >= 0.3 is 0 Å². The number of nitrogens with zero attached hydrogens (tertiary/aromatic N) is 1. The molecule has 0 aliphatic carbocycles. The highest BCUT2D eigenvalue weighted by Crippen LogP contribution is 2.47. The fraction of sp³-hybridized carbons (Fsp3) is 0.438. The zero-order chi connectivity index (χ0) is 14.3. The summed E-state index contributed by atoms with van der Waals surface area (Å²) >= 11 is 1.69. The van der Waals surface area contributed by atoms with Gasteiger partial charge in [-0.15, -0.1) is 11.3 Å². The third-order valence-corrected chi connectivity index (χ3v) is 5.11. The molecule has 4 heteroatoms. The Morgan fingerprint density at radius 2 is 2.10 bits per heavy atom. The minimum absolute atomic E-state index is 0.0264. The van der Waals surface area contributed by atoms with Gasteiger partial charge in [0.25, 0.3) is 0 Å². The van der Waals surface area contributed by atoms with E-state index in [4.69, 9.17) is 15.5 Å². The molecule has 3 rings (SSSR count). The summed E-state index contributed by atoms with van der Waals surface area (Å²) in [7, 11) is 0. The highest BCUT2D eigenvalue weighted by Gasteiger charge is 2.36. The summed E-state index contributed by atoms with van der Waals surface area (Å²) in [6.45, 7) is 6.33. The van der Waals surface area contributed by atoms with Crippen LogP contribution >= 0.6 is 11.3 Å². The van der Waals surface area contributed by atoms with E-state index in [-0.39, 0.29) is 11.6 Å². The van der Waals surface area contributed by atoms with Crippen molar-refractivity contribution in [1.29, 1.82) is 0 Å². The van der Waals surface area contributed by atoms with Gasteiger partial charge < -0.3 is 10.5 Å². The number of para-hydroxylation sites is 1. The van der Waals surface area contributed by atoms with Crippen molar-refractivity contribution in [3.8, 4) is 17.0 Å². The summed E-state index contributed by atoms with van der Waals surface area (Å²) in [5, 5.41) is 1.02. The van der Waals surface area contributed by atoms with Crippen LogP contribution < -0.4 is 10.5 Å². The zero-order valence-electron chi connectivity index (χ0n) is 12.1. The molecule has 2 aromatic rings. The number of aromatic nitrogens is 1. The van der Waals surface area contributed by atoms with Gasteiger partial charge in [0, 0.05) is 5.56 Å². The van der Waals surface area contributed by atoms with Gasteiger partial charge in [-0.1, -0.05) is 25.5 Å². The van der Waals surface area contributed by atoms with E-state index in [1.165, 1.54) is 4.88 Å². The van der Waals surface area contributed by atoms with Gasteiger partial charge in [0.15, 0.2) is 0 Å². The topological polar surface area (TPSA) is 48.1 Å². The SMILES string of the molecule is CCCC(N)c1nc2c(s1)C(C)(C)Oc1ccccc1-2. The Morgan fingerprint density at radius 1 is 1.35 bits per heavy atom. The Bertz CT molecular complexity index is 633. The normalized spacial score (nSPS) is 17.0. The Labute approximate surface area is 123 Å². The maximum atomic E-state index is 6.23. The first kappa shape index (κ1) is 13.6. The summed E-state index contributed by atoms with van der Waals surface area (Å²) in [6, 6.07) is 8.12. The standard InChI is InChI=1S/C16H20N2OS/c1-4-7-11(17)15-18-13-10-8-5-6-9-12(10)19-16(2,3)14(13)20-15/h5-6,8-9,11H,4,7,17H2,1-3H3. The quantitative estimate of drug-likeness (QED) is 0.919. The molecular formula is C16H20N2OS. The molecule has 0 radical (unpaired) electrons. The molecule has 2 heterocycles. The van der Waals surface area contributed by atoms with Crippen molar-refractivity contribution in [1.82, 2.24) is 4.98 Å². The van der Waals surface area contributed by atoms with Crippen LogP contribution in [0.3, 0.4) is 0 Å². The molecule has 1 aliphatic rings. The van der Waals surface area contributed by atoms with E-state index < -0.39 is 0 Å². The Balaban J connectivity index is 2.12. The van der Waals surface area contributed by atoms with Gasteiger partial charge in [0.05, 0.1) is 16.6 Å². The van der Waals surface area contributed by atoms with Crippen LogP contribution in [-0.2, 0) is 5.60 Å². The minimum Gasteiger partial charge on any atom is -0.482 e. The van der Waals surface area contributed by atoms with E-state index in [0.717, 1.165) is 34.9 Å². The smallest absolute Gasteiger partial charge is 0.140 e. The predicted octanol–water partition coefficient (Wildman–Crippen LogP) is 4.24. The van der Waals surface area contributed by atoms with Crippen molar-refractivity contribution >= 4 is 11.3 Å². The molecule has 0 bridgehead atoms. The Hall–Kier alpha value is -1.39. The first-order valence-corrected chi connectivity index (χ1v) is 7.89. The molecule has 0 saturated carbocycles. The van der Waals surface area contributed by atoms with Crippen LogP contribution in [0, 0.1) is 0 Å². The maximum Gasteiger partial charge on any atom is 0.140 e. The maximum absolute atomic E-state index is 6.23. The first-order chi connectivity index (χ1) is 9.53. The molecule has 2 N–H and O–H groups in total. The number of thiazole rings is 1. The first-order valence-electron chi connectivity index (χ1n) is 7.08. The van der Waals surface area contributed by atoms with Crippen LogP contribution in [0.25, 0.3) is 11.3 Å². The fourth-order valence-electron chi connectivity index (χ4n) is 2.59. The second-order valence-corrected chi connectivity index (χ2v) is 6.76. The molecular weight excluding hydrogens is 268 g/mol. The van der Waals surface area contributed by atoms with Crippen LogP contribution in [0.15, 0.2) is 24.3 Å². The molecule has 0 saturated heterocycles. The lowest BCUT2D eigenvalue weighted by Gasteiger charge is -2.31. The molecule has 0 spiro atoms. The van der Waals surface area contributed by atoms with E-state index in [9.17, 15) is 0 Å². The molecule has 1 atom stereocenters.